The molecule has 1 aliphatic rings. The molecule has 1 atom stereocenters. The summed E-state index contributed by atoms with van der Waals surface area (Å²) in [6, 6.07) is 8.91. The second kappa shape index (κ2) is 10.1. The van der Waals surface area contributed by atoms with Crippen LogP contribution in [-0.2, 0) is 32.2 Å². The van der Waals surface area contributed by atoms with Crippen LogP contribution in [0.2, 0.25) is 5.02 Å². The fourth-order valence-electron chi connectivity index (χ4n) is 4.41. The van der Waals surface area contributed by atoms with Crippen LogP contribution in [0.5, 0.6) is 5.75 Å². The topological polar surface area (TPSA) is 86.7 Å². The van der Waals surface area contributed by atoms with Crippen LogP contribution in [0.4, 0.5) is 0 Å². The van der Waals surface area contributed by atoms with E-state index in [2.05, 4.69) is 5.32 Å². The Labute approximate surface area is 214 Å². The smallest absolute Gasteiger partial charge is 0.244 e. The third kappa shape index (κ3) is 6.19. The number of carbonyl (C=O) groups is 1. The predicted molar refractivity (Wildman–Crippen MR) is 140 cm³/mol. The molecule has 1 amide bonds. The molecule has 0 aliphatic carbocycles. The van der Waals surface area contributed by atoms with Gasteiger partial charge in [0.2, 0.25) is 15.9 Å². The Morgan fingerprint density at radius 3 is 2.06 bits per heavy atom. The van der Waals surface area contributed by atoms with E-state index in [1.165, 1.54) is 28.6 Å². The molecule has 2 aromatic rings. The van der Waals surface area contributed by atoms with Crippen molar-refractivity contribution in [3.8, 4) is 5.75 Å². The lowest BCUT2D eigenvalue weighted by Gasteiger charge is -2.32. The van der Waals surface area contributed by atoms with E-state index in [1.54, 1.807) is 0 Å². The van der Waals surface area contributed by atoms with Crippen molar-refractivity contribution in [2.45, 2.75) is 89.1 Å². The summed E-state index contributed by atoms with van der Waals surface area (Å²) in [6.07, 6.45) is 1.99. The molecule has 0 saturated carbocycles. The average molecular weight is 521 g/mol. The summed E-state index contributed by atoms with van der Waals surface area (Å²) in [7, 11) is -4.02. The van der Waals surface area contributed by atoms with Gasteiger partial charge in [0.25, 0.3) is 0 Å². The molecule has 0 radical (unpaired) electrons. The fraction of sp³-hybridized carbons (Fsp3) is 0.519. The molecule has 1 aliphatic heterocycles. The highest BCUT2D eigenvalue weighted by molar-refractivity contribution is 7.89. The maximum atomic E-state index is 13.9. The molecule has 1 fully saturated rings. The second-order valence-electron chi connectivity index (χ2n) is 11.3. The lowest BCUT2D eigenvalue weighted by molar-refractivity contribution is -0.124. The van der Waals surface area contributed by atoms with Crippen LogP contribution in [0.25, 0.3) is 0 Å². The highest BCUT2D eigenvalue weighted by atomic mass is 35.5. The summed E-state index contributed by atoms with van der Waals surface area (Å²) in [5.74, 6) is -0.0565. The zero-order valence-corrected chi connectivity index (χ0v) is 23.1. The zero-order chi connectivity index (χ0) is 26.2. The number of hydrogen-bond donors (Lipinski definition) is 2. The Morgan fingerprint density at radius 1 is 1.00 bits per heavy atom. The molecule has 8 heteroatoms. The minimum Gasteiger partial charge on any atom is -0.507 e. The molecule has 35 heavy (non-hydrogen) atoms. The van der Waals surface area contributed by atoms with Gasteiger partial charge >= 0.3 is 0 Å². The minimum atomic E-state index is -4.02. The summed E-state index contributed by atoms with van der Waals surface area (Å²) in [6.45, 7) is 12.6. The number of sulfonamides is 1. The number of benzene rings is 2. The Kier molecular flexibility index (Phi) is 7.94. The SMILES string of the molecule is CC(C)(C)c1cc(CN(C2CCCCNC2=O)S(=O)(=O)c2ccc(Cl)cc2)cc(C(C)(C)C)c1O. The van der Waals surface area contributed by atoms with Crippen molar-refractivity contribution < 1.29 is 18.3 Å². The third-order valence-corrected chi connectivity index (χ3v) is 8.52. The summed E-state index contributed by atoms with van der Waals surface area (Å²) >= 11 is 6.00. The standard InChI is InChI=1S/C27H37ClN2O4S/c1-26(2,3)21-15-18(16-22(24(21)31)27(4,5)6)17-30(23-9-7-8-14-29-25(23)32)35(33,34)20-12-10-19(28)11-13-20/h10-13,15-16,23,31H,7-9,14,17H2,1-6H3,(H,29,32). The Bertz CT molecular complexity index is 1140. The summed E-state index contributed by atoms with van der Waals surface area (Å²) in [5, 5.41) is 14.4. The Hall–Kier alpha value is -2.09. The lowest BCUT2D eigenvalue weighted by Crippen LogP contribution is -2.48. The summed E-state index contributed by atoms with van der Waals surface area (Å²) in [4.78, 5) is 13.1. The van der Waals surface area contributed by atoms with Crippen LogP contribution >= 0.6 is 11.6 Å². The molecule has 3 rings (SSSR count). The number of nitrogens with one attached hydrogen (secondary N) is 1. The molecule has 192 valence electrons. The van der Waals surface area contributed by atoms with E-state index in [0.29, 0.717) is 18.0 Å². The van der Waals surface area contributed by atoms with Gasteiger partial charge in [-0.2, -0.15) is 4.31 Å². The monoisotopic (exact) mass is 520 g/mol. The van der Waals surface area contributed by atoms with Gasteiger partial charge in [-0.1, -0.05) is 65.3 Å². The highest BCUT2D eigenvalue weighted by Crippen LogP contribution is 2.40. The molecule has 1 unspecified atom stereocenters. The van der Waals surface area contributed by atoms with Gasteiger partial charge in [-0.25, -0.2) is 8.42 Å². The van der Waals surface area contributed by atoms with Crippen molar-refractivity contribution in [2.24, 2.45) is 0 Å². The molecule has 1 saturated heterocycles. The largest absolute Gasteiger partial charge is 0.507 e. The molecule has 6 nitrogen and oxygen atoms in total. The van der Waals surface area contributed by atoms with Gasteiger partial charge in [0.1, 0.15) is 11.8 Å². The number of carbonyl (C=O) groups excluding carboxylic acids is 1. The maximum absolute atomic E-state index is 13.9. The van der Waals surface area contributed by atoms with Gasteiger partial charge in [0.05, 0.1) is 4.90 Å². The molecular weight excluding hydrogens is 484 g/mol. The number of aromatic hydroxyl groups is 1. The van der Waals surface area contributed by atoms with Gasteiger partial charge in [0.15, 0.2) is 0 Å². The predicted octanol–water partition coefficient (Wildman–Crippen LogP) is 5.50. The van der Waals surface area contributed by atoms with E-state index < -0.39 is 16.1 Å². The van der Waals surface area contributed by atoms with Gasteiger partial charge in [-0.15, -0.1) is 0 Å². The number of amides is 1. The summed E-state index contributed by atoms with van der Waals surface area (Å²) < 4.78 is 29.1. The van der Waals surface area contributed by atoms with Gasteiger partial charge in [0, 0.05) is 18.1 Å². The highest BCUT2D eigenvalue weighted by Gasteiger charge is 2.37. The van der Waals surface area contributed by atoms with Crippen LogP contribution in [0.15, 0.2) is 41.3 Å². The van der Waals surface area contributed by atoms with E-state index in [9.17, 15) is 18.3 Å². The average Bonchev–Trinajstić information content (AvgIpc) is 2.95. The molecule has 1 heterocycles. The number of rotatable bonds is 5. The van der Waals surface area contributed by atoms with E-state index in [4.69, 9.17) is 11.6 Å². The fourth-order valence-corrected chi connectivity index (χ4v) is 6.14. The van der Waals surface area contributed by atoms with E-state index in [1.807, 2.05) is 53.7 Å². The van der Waals surface area contributed by atoms with Crippen molar-refractivity contribution in [3.63, 3.8) is 0 Å². The third-order valence-electron chi connectivity index (χ3n) is 6.40. The van der Waals surface area contributed by atoms with Gasteiger partial charge in [-0.05, 0) is 71.0 Å². The normalized spacial score (nSPS) is 17.8. The minimum absolute atomic E-state index is 0.00941. The maximum Gasteiger partial charge on any atom is 0.244 e. The number of hydrogen-bond acceptors (Lipinski definition) is 4. The van der Waals surface area contributed by atoms with Crippen LogP contribution in [0, 0.1) is 0 Å². The molecule has 0 aromatic heterocycles. The molecule has 0 bridgehead atoms. The van der Waals surface area contributed by atoms with Gasteiger partial charge < -0.3 is 10.4 Å². The molecule has 0 spiro atoms. The number of halogens is 1. The van der Waals surface area contributed by atoms with E-state index >= 15 is 0 Å². The van der Waals surface area contributed by atoms with Crippen molar-refractivity contribution in [1.29, 1.82) is 0 Å². The van der Waals surface area contributed by atoms with E-state index in [-0.39, 0.29) is 33.9 Å². The van der Waals surface area contributed by atoms with Gasteiger partial charge in [-0.3, -0.25) is 4.79 Å². The first-order chi connectivity index (χ1) is 16.1. The zero-order valence-electron chi connectivity index (χ0n) is 21.5. The Balaban J connectivity index is 2.18. The summed E-state index contributed by atoms with van der Waals surface area (Å²) in [5.41, 5.74) is 1.50. The van der Waals surface area contributed by atoms with Crippen LogP contribution in [0.3, 0.4) is 0 Å². The molecular formula is C27H37ClN2O4S. The molecule has 2 aromatic carbocycles. The first-order valence-electron chi connectivity index (χ1n) is 12.0. The van der Waals surface area contributed by atoms with Crippen molar-refractivity contribution in [3.05, 3.63) is 58.1 Å². The lowest BCUT2D eigenvalue weighted by atomic mass is 9.78. The number of phenolic OH excluding ortho intramolecular Hbond substituents is 1. The van der Waals surface area contributed by atoms with Crippen molar-refractivity contribution in [1.82, 2.24) is 9.62 Å². The van der Waals surface area contributed by atoms with E-state index in [0.717, 1.165) is 29.5 Å². The first kappa shape index (κ1) is 27.5. The first-order valence-corrected chi connectivity index (χ1v) is 13.9. The number of phenols is 1. The second-order valence-corrected chi connectivity index (χ2v) is 13.7. The quantitative estimate of drug-likeness (QED) is 0.545. The van der Waals surface area contributed by atoms with Crippen molar-refractivity contribution >= 4 is 27.5 Å². The van der Waals surface area contributed by atoms with Crippen LogP contribution in [0.1, 0.15) is 77.5 Å². The number of nitrogens with zero attached hydrogens (tertiary/aromatic N) is 1. The molecule has 2 N–H and O–H groups in total. The Morgan fingerprint density at radius 2 is 1.54 bits per heavy atom. The van der Waals surface area contributed by atoms with Crippen LogP contribution in [-0.4, -0.2) is 36.3 Å². The van der Waals surface area contributed by atoms with Crippen molar-refractivity contribution in [2.75, 3.05) is 6.54 Å². The van der Waals surface area contributed by atoms with Crippen LogP contribution < -0.4 is 5.32 Å².